The Morgan fingerprint density at radius 1 is 1.60 bits per heavy atom. The summed E-state index contributed by atoms with van der Waals surface area (Å²) >= 11 is 5.88. The number of hydrogen-bond donors (Lipinski definition) is 1. The van der Waals surface area contributed by atoms with Gasteiger partial charge >= 0.3 is 0 Å². The summed E-state index contributed by atoms with van der Waals surface area (Å²) in [6.45, 7) is 8.56. The largest absolute Gasteiger partial charge is 0.496 e. The van der Waals surface area contributed by atoms with E-state index in [0.717, 1.165) is 5.56 Å². The summed E-state index contributed by atoms with van der Waals surface area (Å²) in [6.07, 6.45) is -0.852. The molecule has 1 N–H and O–H groups in total. The van der Waals surface area contributed by atoms with Crippen LogP contribution in [0.15, 0.2) is 12.1 Å². The van der Waals surface area contributed by atoms with Crippen molar-refractivity contribution >= 4 is 11.6 Å². The molecule has 0 amide bonds. The average molecular weight is 226 g/mol. The summed E-state index contributed by atoms with van der Waals surface area (Å²) < 4.78 is 5.18. The van der Waals surface area contributed by atoms with Crippen LogP contribution in [0.5, 0.6) is 5.75 Å². The quantitative estimate of drug-likeness (QED) is 0.803. The molecular weight excluding hydrogens is 214 g/mol. The summed E-state index contributed by atoms with van der Waals surface area (Å²) in [4.78, 5) is 3.15. The second kappa shape index (κ2) is 5.01. The molecule has 0 aliphatic rings. The van der Waals surface area contributed by atoms with Crippen LogP contribution in [-0.2, 0) is 0 Å². The maximum atomic E-state index is 9.73. The van der Waals surface area contributed by atoms with Crippen LogP contribution in [0.4, 0.5) is 0 Å². The highest BCUT2D eigenvalue weighted by atomic mass is 35.5. The number of methoxy groups -OCH3 is 1. The van der Waals surface area contributed by atoms with Crippen LogP contribution in [0.25, 0.3) is 4.85 Å². The molecule has 4 heteroatoms. The van der Waals surface area contributed by atoms with E-state index in [1.165, 1.54) is 7.11 Å². The fourth-order valence-corrected chi connectivity index (χ4v) is 1.75. The Kier molecular flexibility index (Phi) is 3.96. The Morgan fingerprint density at radius 3 is 2.80 bits per heavy atom. The lowest BCUT2D eigenvalue weighted by Crippen LogP contribution is -2.04. The zero-order valence-corrected chi connectivity index (χ0v) is 9.38. The maximum Gasteiger partial charge on any atom is 0.244 e. The van der Waals surface area contributed by atoms with E-state index in [0.29, 0.717) is 16.3 Å². The van der Waals surface area contributed by atoms with Crippen LogP contribution in [0.2, 0.25) is 5.02 Å². The molecule has 1 atom stereocenters. The lowest BCUT2D eigenvalue weighted by molar-refractivity contribution is 0.190. The molecule has 0 aliphatic heterocycles. The molecule has 0 radical (unpaired) electrons. The molecule has 1 aromatic rings. The van der Waals surface area contributed by atoms with Crippen molar-refractivity contribution in [3.8, 4) is 5.75 Å². The third kappa shape index (κ3) is 2.62. The summed E-state index contributed by atoms with van der Waals surface area (Å²) in [7, 11) is 1.53. The van der Waals surface area contributed by atoms with Gasteiger partial charge in [-0.05, 0) is 24.6 Å². The van der Waals surface area contributed by atoms with Crippen LogP contribution in [0.1, 0.15) is 17.2 Å². The van der Waals surface area contributed by atoms with Crippen LogP contribution in [0.3, 0.4) is 0 Å². The number of rotatable bonds is 3. The highest BCUT2D eigenvalue weighted by molar-refractivity contribution is 6.30. The van der Waals surface area contributed by atoms with Crippen LogP contribution in [-0.4, -0.2) is 18.8 Å². The summed E-state index contributed by atoms with van der Waals surface area (Å²) in [5.74, 6) is 0.593. The number of aryl methyl sites for hydroxylation is 1. The number of benzene rings is 1. The lowest BCUT2D eigenvalue weighted by Gasteiger charge is -2.13. The van der Waals surface area contributed by atoms with Crippen molar-refractivity contribution in [2.24, 2.45) is 0 Å². The van der Waals surface area contributed by atoms with Crippen molar-refractivity contribution < 1.29 is 9.84 Å². The molecule has 80 valence electrons. The van der Waals surface area contributed by atoms with E-state index >= 15 is 0 Å². The first kappa shape index (κ1) is 11.8. The Labute approximate surface area is 94.1 Å². The van der Waals surface area contributed by atoms with E-state index in [2.05, 4.69) is 4.85 Å². The zero-order chi connectivity index (χ0) is 11.4. The predicted octanol–water partition coefficient (Wildman–Crippen LogP) is 2.61. The van der Waals surface area contributed by atoms with Crippen molar-refractivity contribution in [1.29, 1.82) is 0 Å². The van der Waals surface area contributed by atoms with Gasteiger partial charge in [0.2, 0.25) is 6.54 Å². The molecule has 0 bridgehead atoms. The van der Waals surface area contributed by atoms with Gasteiger partial charge < -0.3 is 14.7 Å². The summed E-state index contributed by atoms with van der Waals surface area (Å²) in [6, 6.07) is 3.39. The Balaban J connectivity index is 3.20. The van der Waals surface area contributed by atoms with Gasteiger partial charge in [-0.15, -0.1) is 0 Å². The van der Waals surface area contributed by atoms with Gasteiger partial charge in [0, 0.05) is 10.6 Å². The van der Waals surface area contributed by atoms with Crippen LogP contribution >= 0.6 is 11.6 Å². The highest BCUT2D eigenvalue weighted by Crippen LogP contribution is 2.32. The van der Waals surface area contributed by atoms with Gasteiger partial charge in [0.15, 0.2) is 6.10 Å². The SMILES string of the molecule is [C-]#[N+]CC(O)c1cc(Cl)cc(C)c1OC. The fraction of sp³-hybridized carbons (Fsp3) is 0.364. The van der Waals surface area contributed by atoms with Gasteiger partial charge in [-0.25, -0.2) is 6.57 Å². The second-order valence-corrected chi connectivity index (χ2v) is 3.64. The summed E-state index contributed by atoms with van der Waals surface area (Å²) in [5, 5.41) is 10.3. The van der Waals surface area contributed by atoms with Crippen molar-refractivity contribution in [2.75, 3.05) is 13.7 Å². The molecule has 15 heavy (non-hydrogen) atoms. The first-order chi connectivity index (χ1) is 7.10. The number of aliphatic hydroxyl groups excluding tert-OH is 1. The van der Waals surface area contributed by atoms with Crippen LogP contribution in [0, 0.1) is 13.5 Å². The van der Waals surface area contributed by atoms with Gasteiger partial charge in [0.25, 0.3) is 0 Å². The molecule has 1 unspecified atom stereocenters. The average Bonchev–Trinajstić information content (AvgIpc) is 2.17. The van der Waals surface area contributed by atoms with E-state index in [1.807, 2.05) is 6.92 Å². The molecule has 0 spiro atoms. The van der Waals surface area contributed by atoms with E-state index in [1.54, 1.807) is 12.1 Å². The molecule has 0 saturated carbocycles. The number of aliphatic hydroxyl groups is 1. The lowest BCUT2D eigenvalue weighted by atomic mass is 10.0. The Hall–Kier alpha value is -1.24. The van der Waals surface area contributed by atoms with Crippen molar-refractivity contribution in [3.05, 3.63) is 39.7 Å². The standard InChI is InChI=1S/C11H12ClNO2/c1-7-4-8(12)5-9(11(7)15-3)10(14)6-13-2/h4-5,10,14H,6H2,1,3H3. The summed E-state index contributed by atoms with van der Waals surface area (Å²) in [5.41, 5.74) is 1.42. The van der Waals surface area contributed by atoms with Crippen molar-refractivity contribution in [2.45, 2.75) is 13.0 Å². The van der Waals surface area contributed by atoms with Gasteiger partial charge in [0.1, 0.15) is 5.75 Å². The first-order valence-electron chi connectivity index (χ1n) is 4.45. The van der Waals surface area contributed by atoms with Crippen LogP contribution < -0.4 is 4.74 Å². The number of hydrogen-bond acceptors (Lipinski definition) is 2. The van der Waals surface area contributed by atoms with E-state index in [9.17, 15) is 5.11 Å². The Bertz CT molecular complexity index is 398. The number of ether oxygens (including phenoxy) is 1. The molecule has 3 nitrogen and oxygen atoms in total. The number of nitrogens with zero attached hydrogens (tertiary/aromatic N) is 1. The zero-order valence-electron chi connectivity index (χ0n) is 8.62. The van der Waals surface area contributed by atoms with E-state index in [-0.39, 0.29) is 6.54 Å². The molecular formula is C11H12ClNO2. The van der Waals surface area contributed by atoms with E-state index < -0.39 is 6.10 Å². The maximum absolute atomic E-state index is 9.73. The molecule has 1 aromatic carbocycles. The molecule has 0 aromatic heterocycles. The highest BCUT2D eigenvalue weighted by Gasteiger charge is 2.18. The second-order valence-electron chi connectivity index (χ2n) is 3.20. The first-order valence-corrected chi connectivity index (χ1v) is 4.83. The van der Waals surface area contributed by atoms with Gasteiger partial charge in [-0.1, -0.05) is 11.6 Å². The minimum absolute atomic E-state index is 0.0101. The van der Waals surface area contributed by atoms with Gasteiger partial charge in [0.05, 0.1) is 7.11 Å². The monoisotopic (exact) mass is 225 g/mol. The van der Waals surface area contributed by atoms with E-state index in [4.69, 9.17) is 22.9 Å². The van der Waals surface area contributed by atoms with Gasteiger partial charge in [-0.2, -0.15) is 0 Å². The van der Waals surface area contributed by atoms with Crippen molar-refractivity contribution in [3.63, 3.8) is 0 Å². The molecule has 0 fully saturated rings. The fourth-order valence-electron chi connectivity index (χ4n) is 1.47. The predicted molar refractivity (Wildman–Crippen MR) is 59.2 cm³/mol. The smallest absolute Gasteiger partial charge is 0.244 e. The van der Waals surface area contributed by atoms with Crippen molar-refractivity contribution in [1.82, 2.24) is 0 Å². The number of halogens is 1. The minimum Gasteiger partial charge on any atom is -0.496 e. The molecule has 0 aliphatic carbocycles. The topological polar surface area (TPSA) is 33.8 Å². The third-order valence-corrected chi connectivity index (χ3v) is 2.31. The molecule has 0 heterocycles. The third-order valence-electron chi connectivity index (χ3n) is 2.10. The normalized spacial score (nSPS) is 11.9. The minimum atomic E-state index is -0.852. The van der Waals surface area contributed by atoms with Gasteiger partial charge in [-0.3, -0.25) is 0 Å². The molecule has 0 saturated heterocycles. The molecule has 1 rings (SSSR count). The Morgan fingerprint density at radius 2 is 2.27 bits per heavy atom.